The average Bonchev–Trinajstić information content (AvgIpc) is 2.70. The zero-order valence-corrected chi connectivity index (χ0v) is 7.19. The quantitative estimate of drug-likeness (QED) is 0.521. The van der Waals surface area contributed by atoms with Crippen LogP contribution in [0.3, 0.4) is 0 Å². The van der Waals surface area contributed by atoms with Crippen LogP contribution in [-0.4, -0.2) is 0 Å². The van der Waals surface area contributed by atoms with E-state index in [0.29, 0.717) is 0 Å². The Bertz CT molecular complexity index is 118. The lowest BCUT2D eigenvalue weighted by Gasteiger charge is -2.08. The molecule has 0 radical (unpaired) electrons. The third kappa shape index (κ3) is 1.86. The van der Waals surface area contributed by atoms with Crippen LogP contribution < -0.4 is 0 Å². The normalized spacial score (nSPS) is 21.8. The summed E-state index contributed by atoms with van der Waals surface area (Å²) in [6.07, 6.45) is 11.5. The largest absolute Gasteiger partial charge is 0.0917 e. The average molecular weight is 138 g/mol. The molecule has 0 spiro atoms. The highest BCUT2D eigenvalue weighted by Gasteiger charge is 2.39. The highest BCUT2D eigenvalue weighted by atomic mass is 14.4. The lowest BCUT2D eigenvalue weighted by atomic mass is 9.97. The van der Waals surface area contributed by atoms with E-state index in [1.807, 2.05) is 0 Å². The molecule has 1 aliphatic carbocycles. The second kappa shape index (κ2) is 3.23. The summed E-state index contributed by atoms with van der Waals surface area (Å²) in [5, 5.41) is 0. The molecule has 10 heavy (non-hydrogen) atoms. The van der Waals surface area contributed by atoms with Gasteiger partial charge in [0.1, 0.15) is 0 Å². The van der Waals surface area contributed by atoms with Crippen LogP contribution >= 0.6 is 0 Å². The van der Waals surface area contributed by atoms with Crippen molar-refractivity contribution in [1.29, 1.82) is 0 Å². The van der Waals surface area contributed by atoms with Gasteiger partial charge in [0.05, 0.1) is 0 Å². The van der Waals surface area contributed by atoms with Gasteiger partial charge < -0.3 is 0 Å². The fourth-order valence-corrected chi connectivity index (χ4v) is 1.51. The van der Waals surface area contributed by atoms with Crippen LogP contribution in [-0.2, 0) is 0 Å². The predicted octanol–water partition coefficient (Wildman–Crippen LogP) is 3.53. The SMILES string of the molecule is C/C=C/CCC1(CC)CC1. The molecule has 1 saturated carbocycles. The Morgan fingerprint density at radius 2 is 2.10 bits per heavy atom. The second-order valence-corrected chi connectivity index (χ2v) is 3.46. The van der Waals surface area contributed by atoms with Gasteiger partial charge >= 0.3 is 0 Å². The highest BCUT2D eigenvalue weighted by Crippen LogP contribution is 2.52. The van der Waals surface area contributed by atoms with E-state index in [9.17, 15) is 0 Å². The van der Waals surface area contributed by atoms with Gasteiger partial charge in [-0.1, -0.05) is 25.5 Å². The highest BCUT2D eigenvalue weighted by molar-refractivity contribution is 4.93. The van der Waals surface area contributed by atoms with E-state index < -0.39 is 0 Å². The molecule has 1 aliphatic rings. The predicted molar refractivity (Wildman–Crippen MR) is 46.0 cm³/mol. The molecule has 0 unspecified atom stereocenters. The number of hydrogen-bond donors (Lipinski definition) is 0. The first-order valence-corrected chi connectivity index (χ1v) is 4.44. The molecule has 0 atom stereocenters. The van der Waals surface area contributed by atoms with Crippen LogP contribution in [0.4, 0.5) is 0 Å². The Kier molecular flexibility index (Phi) is 2.53. The zero-order chi connectivity index (χ0) is 7.45. The van der Waals surface area contributed by atoms with Gasteiger partial charge in [0.25, 0.3) is 0 Å². The van der Waals surface area contributed by atoms with Gasteiger partial charge in [0.15, 0.2) is 0 Å². The van der Waals surface area contributed by atoms with Crippen molar-refractivity contribution in [3.8, 4) is 0 Å². The van der Waals surface area contributed by atoms with E-state index in [1.54, 1.807) is 0 Å². The Balaban J connectivity index is 2.12. The molecular formula is C10H18. The van der Waals surface area contributed by atoms with E-state index in [-0.39, 0.29) is 0 Å². The van der Waals surface area contributed by atoms with Crippen molar-refractivity contribution in [2.24, 2.45) is 5.41 Å². The van der Waals surface area contributed by atoms with Crippen LogP contribution in [0.5, 0.6) is 0 Å². The Morgan fingerprint density at radius 3 is 2.50 bits per heavy atom. The first-order chi connectivity index (χ1) is 4.83. The van der Waals surface area contributed by atoms with Gasteiger partial charge in [-0.25, -0.2) is 0 Å². The summed E-state index contributed by atoms with van der Waals surface area (Å²) in [6.45, 7) is 4.42. The standard InChI is InChI=1S/C10H18/c1-3-5-6-7-10(4-2)8-9-10/h3,5H,4,6-9H2,1-2H3/b5-3+. The van der Waals surface area contributed by atoms with E-state index in [4.69, 9.17) is 0 Å². The van der Waals surface area contributed by atoms with Gasteiger partial charge in [-0.2, -0.15) is 0 Å². The minimum Gasteiger partial charge on any atom is -0.0917 e. The van der Waals surface area contributed by atoms with Crippen molar-refractivity contribution in [1.82, 2.24) is 0 Å². The number of rotatable bonds is 4. The van der Waals surface area contributed by atoms with Gasteiger partial charge in [-0.3, -0.25) is 0 Å². The van der Waals surface area contributed by atoms with E-state index in [0.717, 1.165) is 5.41 Å². The molecule has 0 aromatic rings. The minimum absolute atomic E-state index is 0.791. The van der Waals surface area contributed by atoms with Crippen LogP contribution in [0.2, 0.25) is 0 Å². The maximum atomic E-state index is 2.32. The third-order valence-electron chi connectivity index (χ3n) is 2.78. The zero-order valence-electron chi connectivity index (χ0n) is 7.19. The van der Waals surface area contributed by atoms with Crippen LogP contribution in [0, 0.1) is 5.41 Å². The summed E-state index contributed by atoms with van der Waals surface area (Å²) < 4.78 is 0. The molecule has 0 amide bonds. The molecule has 0 N–H and O–H groups in total. The molecule has 1 rings (SSSR count). The van der Waals surface area contributed by atoms with E-state index in [1.165, 1.54) is 32.1 Å². The molecule has 1 fully saturated rings. The van der Waals surface area contributed by atoms with Crippen molar-refractivity contribution in [3.05, 3.63) is 12.2 Å². The Hall–Kier alpha value is -0.260. The summed E-state index contributed by atoms with van der Waals surface area (Å²) in [5.74, 6) is 0. The summed E-state index contributed by atoms with van der Waals surface area (Å²) in [6, 6.07) is 0. The number of hydrogen-bond acceptors (Lipinski definition) is 0. The van der Waals surface area contributed by atoms with Crippen LogP contribution in [0.15, 0.2) is 12.2 Å². The van der Waals surface area contributed by atoms with Gasteiger partial charge in [-0.15, -0.1) is 0 Å². The van der Waals surface area contributed by atoms with Crippen LogP contribution in [0.25, 0.3) is 0 Å². The molecule has 0 aliphatic heterocycles. The summed E-state index contributed by atoms with van der Waals surface area (Å²) in [5.41, 5.74) is 0.791. The maximum Gasteiger partial charge on any atom is -0.0297 e. The molecule has 0 heterocycles. The Labute approximate surface area is 64.3 Å². The van der Waals surface area contributed by atoms with E-state index in [2.05, 4.69) is 26.0 Å². The molecular weight excluding hydrogens is 120 g/mol. The molecule has 0 heteroatoms. The van der Waals surface area contributed by atoms with Crippen molar-refractivity contribution >= 4 is 0 Å². The van der Waals surface area contributed by atoms with Gasteiger partial charge in [0.2, 0.25) is 0 Å². The first kappa shape index (κ1) is 7.84. The smallest absolute Gasteiger partial charge is 0.0297 e. The van der Waals surface area contributed by atoms with Crippen molar-refractivity contribution in [2.75, 3.05) is 0 Å². The van der Waals surface area contributed by atoms with E-state index >= 15 is 0 Å². The van der Waals surface area contributed by atoms with Gasteiger partial charge in [-0.05, 0) is 38.0 Å². The van der Waals surface area contributed by atoms with Crippen molar-refractivity contribution in [3.63, 3.8) is 0 Å². The van der Waals surface area contributed by atoms with Crippen LogP contribution in [0.1, 0.15) is 46.0 Å². The molecule has 58 valence electrons. The molecule has 0 nitrogen and oxygen atoms in total. The second-order valence-electron chi connectivity index (χ2n) is 3.46. The Morgan fingerprint density at radius 1 is 1.40 bits per heavy atom. The lowest BCUT2D eigenvalue weighted by Crippen LogP contribution is -1.95. The maximum absolute atomic E-state index is 2.32. The minimum atomic E-state index is 0.791. The van der Waals surface area contributed by atoms with Gasteiger partial charge in [0, 0.05) is 0 Å². The molecule has 0 bridgehead atoms. The monoisotopic (exact) mass is 138 g/mol. The fourth-order valence-electron chi connectivity index (χ4n) is 1.51. The molecule has 0 aromatic carbocycles. The number of allylic oxidation sites excluding steroid dienone is 2. The topological polar surface area (TPSA) is 0 Å². The molecule has 0 saturated heterocycles. The summed E-state index contributed by atoms with van der Waals surface area (Å²) >= 11 is 0. The molecule has 0 aromatic heterocycles. The van der Waals surface area contributed by atoms with Crippen molar-refractivity contribution < 1.29 is 0 Å². The van der Waals surface area contributed by atoms with Crippen molar-refractivity contribution in [2.45, 2.75) is 46.0 Å². The first-order valence-electron chi connectivity index (χ1n) is 4.44. The summed E-state index contributed by atoms with van der Waals surface area (Å²) in [4.78, 5) is 0. The fraction of sp³-hybridized carbons (Fsp3) is 0.800. The summed E-state index contributed by atoms with van der Waals surface area (Å²) in [7, 11) is 0. The third-order valence-corrected chi connectivity index (χ3v) is 2.78. The lowest BCUT2D eigenvalue weighted by molar-refractivity contribution is 0.454.